The van der Waals surface area contributed by atoms with Crippen LogP contribution in [-0.4, -0.2) is 20.4 Å². The van der Waals surface area contributed by atoms with Gasteiger partial charge >= 0.3 is 0 Å². The van der Waals surface area contributed by atoms with Crippen molar-refractivity contribution in [2.45, 2.75) is 24.3 Å². The number of rotatable bonds is 4. The minimum atomic E-state index is -4.06. The summed E-state index contributed by atoms with van der Waals surface area (Å²) in [5, 5.41) is 4.48. The summed E-state index contributed by atoms with van der Waals surface area (Å²) in [6, 6.07) is 11.1. The van der Waals surface area contributed by atoms with Gasteiger partial charge in [-0.25, -0.2) is 8.42 Å². The van der Waals surface area contributed by atoms with E-state index in [1.54, 1.807) is 5.01 Å². The average molecular weight is 392 g/mol. The molecule has 0 saturated heterocycles. The molecule has 0 bridgehead atoms. The van der Waals surface area contributed by atoms with Gasteiger partial charge in [0, 0.05) is 16.5 Å². The molecule has 8 nitrogen and oxygen atoms in total. The first-order chi connectivity index (χ1) is 12.3. The fourth-order valence-corrected chi connectivity index (χ4v) is 4.49. The lowest BCUT2D eigenvalue weighted by Crippen LogP contribution is -2.45. The van der Waals surface area contributed by atoms with Crippen molar-refractivity contribution in [2.24, 2.45) is 5.11 Å². The van der Waals surface area contributed by atoms with Crippen molar-refractivity contribution >= 4 is 33.2 Å². The maximum Gasteiger partial charge on any atom is 0.259 e. The number of carbonyl (C=O) groups excluding carboxylic acids is 1. The van der Waals surface area contributed by atoms with Gasteiger partial charge in [0.15, 0.2) is 0 Å². The van der Waals surface area contributed by atoms with Gasteiger partial charge in [0.1, 0.15) is 4.90 Å². The number of nitrogens with one attached hydrogen (secondary N) is 1. The van der Waals surface area contributed by atoms with Crippen LogP contribution in [0.3, 0.4) is 0 Å². The summed E-state index contributed by atoms with van der Waals surface area (Å²) in [6.07, 6.45) is 0.696. The number of nitrogens with zero attached hydrogens (tertiary/aromatic N) is 4. The maximum absolute atomic E-state index is 12.8. The van der Waals surface area contributed by atoms with E-state index in [0.717, 1.165) is 17.3 Å². The Morgan fingerprint density at radius 3 is 2.81 bits per heavy atom. The van der Waals surface area contributed by atoms with Crippen LogP contribution in [-0.2, 0) is 16.4 Å². The largest absolute Gasteiger partial charge is 0.291 e. The molecule has 0 aliphatic carbocycles. The standard InChI is InChI=1S/C16H14ClN5O3S/c1-10-8-11-4-2-3-5-14(11)22(10)21-26(24,25)15-9-12(6-7-13(15)17)16(23)19-20-18/h2-7,9-10,21H,8H2,1H3. The molecule has 1 N–H and O–H groups in total. The van der Waals surface area contributed by atoms with Crippen molar-refractivity contribution in [3.8, 4) is 0 Å². The van der Waals surface area contributed by atoms with Gasteiger partial charge in [0.2, 0.25) is 5.91 Å². The second kappa shape index (κ2) is 6.97. The third kappa shape index (κ3) is 3.38. The molecule has 0 radical (unpaired) electrons. The molecule has 0 saturated carbocycles. The van der Waals surface area contributed by atoms with Gasteiger partial charge < -0.3 is 0 Å². The van der Waals surface area contributed by atoms with E-state index in [1.807, 2.05) is 31.2 Å². The number of halogens is 1. The molecule has 3 rings (SSSR count). The predicted octanol–water partition coefficient (Wildman–Crippen LogP) is 3.44. The first-order valence-electron chi connectivity index (χ1n) is 7.62. The molecule has 0 spiro atoms. The summed E-state index contributed by atoms with van der Waals surface area (Å²) >= 11 is 6.03. The van der Waals surface area contributed by atoms with Gasteiger partial charge in [-0.2, -0.15) is 0 Å². The molecule has 26 heavy (non-hydrogen) atoms. The van der Waals surface area contributed by atoms with Crippen LogP contribution in [0.15, 0.2) is 52.5 Å². The molecule has 0 aromatic heterocycles. The second-order valence-electron chi connectivity index (χ2n) is 5.79. The molecule has 1 heterocycles. The molecule has 134 valence electrons. The van der Waals surface area contributed by atoms with Crippen molar-refractivity contribution in [1.29, 1.82) is 0 Å². The van der Waals surface area contributed by atoms with E-state index in [-0.39, 0.29) is 21.5 Å². The lowest BCUT2D eigenvalue weighted by atomic mass is 10.1. The monoisotopic (exact) mass is 391 g/mol. The molecular formula is C16H14ClN5O3S. The Kier molecular flexibility index (Phi) is 4.88. The van der Waals surface area contributed by atoms with Gasteiger partial charge in [-0.1, -0.05) is 29.8 Å². The number of fused-ring (bicyclic) bond motifs is 1. The highest BCUT2D eigenvalue weighted by molar-refractivity contribution is 7.89. The second-order valence-corrected chi connectivity index (χ2v) is 7.82. The normalized spacial score (nSPS) is 16.1. The van der Waals surface area contributed by atoms with Gasteiger partial charge in [-0.3, -0.25) is 9.80 Å². The Labute approximate surface area is 155 Å². The third-order valence-electron chi connectivity index (χ3n) is 4.03. The highest BCUT2D eigenvalue weighted by atomic mass is 35.5. The van der Waals surface area contributed by atoms with E-state index in [0.29, 0.717) is 6.42 Å². The molecule has 1 aliphatic heterocycles. The lowest BCUT2D eigenvalue weighted by molar-refractivity contribution is 0.1000. The first-order valence-corrected chi connectivity index (χ1v) is 9.48. The maximum atomic E-state index is 12.8. The van der Waals surface area contributed by atoms with Gasteiger partial charge in [0.05, 0.1) is 10.7 Å². The van der Waals surface area contributed by atoms with Gasteiger partial charge in [0.25, 0.3) is 10.0 Å². The molecule has 10 heteroatoms. The zero-order valence-electron chi connectivity index (χ0n) is 13.6. The molecule has 1 aliphatic rings. The summed E-state index contributed by atoms with van der Waals surface area (Å²) in [5.74, 6) is -0.888. The Morgan fingerprint density at radius 2 is 2.08 bits per heavy atom. The number of hydrazine groups is 1. The van der Waals surface area contributed by atoms with E-state index in [2.05, 4.69) is 14.9 Å². The van der Waals surface area contributed by atoms with E-state index < -0.39 is 15.9 Å². The number of anilines is 1. The van der Waals surface area contributed by atoms with Crippen molar-refractivity contribution in [3.63, 3.8) is 0 Å². The van der Waals surface area contributed by atoms with Crippen molar-refractivity contribution in [3.05, 3.63) is 69.1 Å². The zero-order chi connectivity index (χ0) is 18.9. The van der Waals surface area contributed by atoms with Crippen LogP contribution in [0.2, 0.25) is 5.02 Å². The molecule has 2 aromatic carbocycles. The Balaban J connectivity index is 1.98. The van der Waals surface area contributed by atoms with Crippen LogP contribution in [0, 0.1) is 0 Å². The molecule has 0 fully saturated rings. The molecule has 2 aromatic rings. The zero-order valence-corrected chi connectivity index (χ0v) is 15.2. The minimum Gasteiger partial charge on any atom is -0.291 e. The van der Waals surface area contributed by atoms with Crippen LogP contribution >= 0.6 is 11.6 Å². The van der Waals surface area contributed by atoms with E-state index >= 15 is 0 Å². The summed E-state index contributed by atoms with van der Waals surface area (Å²) < 4.78 is 25.7. The Morgan fingerprint density at radius 1 is 1.35 bits per heavy atom. The molecular weight excluding hydrogens is 378 g/mol. The third-order valence-corrected chi connectivity index (χ3v) is 5.82. The summed E-state index contributed by atoms with van der Waals surface area (Å²) in [5.41, 5.74) is 10.1. The number of hydrogen-bond donors (Lipinski definition) is 1. The number of azide groups is 1. The highest BCUT2D eigenvalue weighted by Crippen LogP contribution is 2.32. The topological polar surface area (TPSA) is 115 Å². The predicted molar refractivity (Wildman–Crippen MR) is 97.3 cm³/mol. The van der Waals surface area contributed by atoms with E-state index in [1.165, 1.54) is 12.1 Å². The van der Waals surface area contributed by atoms with Crippen LogP contribution in [0.1, 0.15) is 22.8 Å². The lowest BCUT2D eigenvalue weighted by Gasteiger charge is -2.25. The van der Waals surface area contributed by atoms with Crippen LogP contribution in [0.25, 0.3) is 10.4 Å². The highest BCUT2D eigenvalue weighted by Gasteiger charge is 2.31. The summed E-state index contributed by atoms with van der Waals surface area (Å²) in [6.45, 7) is 1.89. The number of hydrogen-bond acceptors (Lipinski definition) is 4. The number of para-hydroxylation sites is 1. The van der Waals surface area contributed by atoms with Gasteiger partial charge in [-0.05, 0) is 53.8 Å². The van der Waals surface area contributed by atoms with Crippen LogP contribution < -0.4 is 9.84 Å². The number of carbonyl (C=O) groups is 1. The quantitative estimate of drug-likeness (QED) is 0.488. The smallest absolute Gasteiger partial charge is 0.259 e. The fourth-order valence-electron chi connectivity index (χ4n) is 2.82. The first kappa shape index (κ1) is 18.2. The number of sulfonamides is 1. The molecule has 1 atom stereocenters. The van der Waals surface area contributed by atoms with Crippen LogP contribution in [0.5, 0.6) is 0 Å². The average Bonchev–Trinajstić information content (AvgIpc) is 2.90. The van der Waals surface area contributed by atoms with Crippen molar-refractivity contribution in [1.82, 2.24) is 4.83 Å². The Bertz CT molecular complexity index is 1030. The molecule has 1 amide bonds. The molecule has 1 unspecified atom stereocenters. The van der Waals surface area contributed by atoms with Crippen molar-refractivity contribution < 1.29 is 13.2 Å². The minimum absolute atomic E-state index is 0.0462. The van der Waals surface area contributed by atoms with Gasteiger partial charge in [-0.15, -0.1) is 4.83 Å². The fraction of sp³-hybridized carbons (Fsp3) is 0.188. The Hall–Kier alpha value is -2.58. The number of benzene rings is 2. The summed E-state index contributed by atoms with van der Waals surface area (Å²) in [7, 11) is -4.06. The SMILES string of the molecule is CC1Cc2ccccc2N1NS(=O)(=O)c1cc(C(=O)N=[N+]=[N-])ccc1Cl. The summed E-state index contributed by atoms with van der Waals surface area (Å²) in [4.78, 5) is 16.4. The van der Waals surface area contributed by atoms with E-state index in [4.69, 9.17) is 17.1 Å². The van der Waals surface area contributed by atoms with Crippen molar-refractivity contribution in [2.75, 3.05) is 5.01 Å². The number of amides is 1. The van der Waals surface area contributed by atoms with Crippen LogP contribution in [0.4, 0.5) is 5.69 Å². The van der Waals surface area contributed by atoms with E-state index in [9.17, 15) is 13.2 Å².